The number of halogens is 1. The molecule has 0 radical (unpaired) electrons. The highest BCUT2D eigenvalue weighted by molar-refractivity contribution is 7.12. The van der Waals surface area contributed by atoms with Gasteiger partial charge in [0.1, 0.15) is 5.82 Å². The minimum Gasteiger partial charge on any atom is -0.340 e. The molecule has 1 saturated heterocycles. The Morgan fingerprint density at radius 1 is 0.939 bits per heavy atom. The molecule has 172 valence electrons. The first-order valence-electron chi connectivity index (χ1n) is 11.3. The van der Waals surface area contributed by atoms with Crippen molar-refractivity contribution in [2.75, 3.05) is 39.3 Å². The number of rotatable bonds is 4. The highest BCUT2D eigenvalue weighted by Gasteiger charge is 2.32. The second-order valence-electron chi connectivity index (χ2n) is 8.48. The van der Waals surface area contributed by atoms with Crippen molar-refractivity contribution in [3.8, 4) is 0 Å². The lowest BCUT2D eigenvalue weighted by atomic mass is 9.93. The number of fused-ring (bicyclic) bond motifs is 1. The van der Waals surface area contributed by atoms with Crippen molar-refractivity contribution in [3.63, 3.8) is 0 Å². The SMILES string of the molecule is O=C(CN1CCc2sccc2[C@@H]1c1cccc(F)c1)N1CCCN(C(=O)c2cccs2)CC1. The second kappa shape index (κ2) is 9.75. The zero-order valence-electron chi connectivity index (χ0n) is 18.3. The number of thiophene rings is 2. The van der Waals surface area contributed by atoms with Gasteiger partial charge in [0.25, 0.3) is 5.91 Å². The second-order valence-corrected chi connectivity index (χ2v) is 10.4. The first-order chi connectivity index (χ1) is 16.1. The molecule has 5 rings (SSSR count). The molecule has 5 nitrogen and oxygen atoms in total. The molecular weight excluding hydrogens is 457 g/mol. The fraction of sp³-hybridized carbons (Fsp3) is 0.360. The number of carbonyl (C=O) groups excluding carboxylic acids is 2. The van der Waals surface area contributed by atoms with Crippen LogP contribution in [0.5, 0.6) is 0 Å². The van der Waals surface area contributed by atoms with Crippen LogP contribution in [0.4, 0.5) is 4.39 Å². The molecule has 2 aliphatic heterocycles. The first kappa shape index (κ1) is 22.3. The maximum atomic E-state index is 14.0. The summed E-state index contributed by atoms with van der Waals surface area (Å²) in [6.45, 7) is 3.44. The van der Waals surface area contributed by atoms with Crippen LogP contribution >= 0.6 is 22.7 Å². The lowest BCUT2D eigenvalue weighted by Crippen LogP contribution is -2.45. The Balaban J connectivity index is 1.29. The Kier molecular flexibility index (Phi) is 6.57. The van der Waals surface area contributed by atoms with E-state index in [1.165, 1.54) is 27.8 Å². The van der Waals surface area contributed by atoms with Crippen molar-refractivity contribution in [1.29, 1.82) is 0 Å². The number of carbonyl (C=O) groups is 2. The van der Waals surface area contributed by atoms with Gasteiger partial charge in [-0.25, -0.2) is 4.39 Å². The zero-order valence-corrected chi connectivity index (χ0v) is 19.9. The van der Waals surface area contributed by atoms with Gasteiger partial charge in [0.2, 0.25) is 5.91 Å². The molecule has 1 aromatic carbocycles. The molecule has 0 bridgehead atoms. The maximum absolute atomic E-state index is 14.0. The molecule has 2 amide bonds. The van der Waals surface area contributed by atoms with Crippen molar-refractivity contribution >= 4 is 34.5 Å². The van der Waals surface area contributed by atoms with Crippen LogP contribution in [0.2, 0.25) is 0 Å². The summed E-state index contributed by atoms with van der Waals surface area (Å²) in [5, 5.41) is 3.99. The summed E-state index contributed by atoms with van der Waals surface area (Å²) >= 11 is 3.18. The van der Waals surface area contributed by atoms with Gasteiger partial charge in [-0.15, -0.1) is 22.7 Å². The normalized spacial score (nSPS) is 19.2. The third kappa shape index (κ3) is 4.74. The molecule has 2 aromatic heterocycles. The molecule has 4 heterocycles. The summed E-state index contributed by atoms with van der Waals surface area (Å²) < 4.78 is 14.0. The minimum atomic E-state index is -0.260. The van der Waals surface area contributed by atoms with Gasteiger partial charge < -0.3 is 9.80 Å². The van der Waals surface area contributed by atoms with Gasteiger partial charge in [0.05, 0.1) is 17.5 Å². The fourth-order valence-corrected chi connectivity index (χ4v) is 6.40. The molecule has 1 fully saturated rings. The first-order valence-corrected chi connectivity index (χ1v) is 13.0. The Labute approximate surface area is 201 Å². The molecule has 8 heteroatoms. The van der Waals surface area contributed by atoms with Crippen LogP contribution in [0.25, 0.3) is 0 Å². The van der Waals surface area contributed by atoms with Gasteiger partial charge in [-0.2, -0.15) is 0 Å². The van der Waals surface area contributed by atoms with E-state index in [1.807, 2.05) is 33.4 Å². The highest BCUT2D eigenvalue weighted by Crippen LogP contribution is 2.37. The van der Waals surface area contributed by atoms with E-state index in [9.17, 15) is 14.0 Å². The number of nitrogens with zero attached hydrogens (tertiary/aromatic N) is 3. The van der Waals surface area contributed by atoms with Gasteiger partial charge in [0.15, 0.2) is 0 Å². The molecular formula is C25H26FN3O2S2. The standard InChI is InChI=1S/C25H26FN3O2S2/c26-19-5-1-4-18(16-19)24-20-8-15-33-21(20)7-11-29(24)17-23(30)27-9-3-10-28(13-12-27)25(31)22-6-2-14-32-22/h1-2,4-6,8,14-16,24H,3,7,9-13,17H2/t24-/m0/s1. The van der Waals surface area contributed by atoms with Crippen LogP contribution in [0.1, 0.15) is 38.1 Å². The predicted molar refractivity (Wildman–Crippen MR) is 129 cm³/mol. The molecule has 0 unspecified atom stereocenters. The Morgan fingerprint density at radius 3 is 2.61 bits per heavy atom. The summed E-state index contributed by atoms with van der Waals surface area (Å²) in [5.41, 5.74) is 2.05. The number of amides is 2. The monoisotopic (exact) mass is 483 g/mol. The van der Waals surface area contributed by atoms with Crippen LogP contribution in [-0.4, -0.2) is 65.8 Å². The van der Waals surface area contributed by atoms with E-state index < -0.39 is 0 Å². The van der Waals surface area contributed by atoms with Gasteiger partial charge in [-0.1, -0.05) is 18.2 Å². The van der Waals surface area contributed by atoms with E-state index in [4.69, 9.17) is 0 Å². The largest absolute Gasteiger partial charge is 0.340 e. The van der Waals surface area contributed by atoms with Gasteiger partial charge in [-0.3, -0.25) is 14.5 Å². The van der Waals surface area contributed by atoms with E-state index >= 15 is 0 Å². The van der Waals surface area contributed by atoms with Gasteiger partial charge in [-0.05, 0) is 59.0 Å². The number of benzene rings is 1. The summed E-state index contributed by atoms with van der Waals surface area (Å²) in [6.07, 6.45) is 1.67. The zero-order chi connectivity index (χ0) is 22.8. The van der Waals surface area contributed by atoms with E-state index in [2.05, 4.69) is 16.3 Å². The Morgan fingerprint density at radius 2 is 1.79 bits per heavy atom. The van der Waals surface area contributed by atoms with Crippen LogP contribution in [-0.2, 0) is 11.2 Å². The smallest absolute Gasteiger partial charge is 0.263 e. The topological polar surface area (TPSA) is 43.9 Å². The molecule has 3 aromatic rings. The molecule has 0 aliphatic carbocycles. The molecule has 0 N–H and O–H groups in total. The molecule has 0 spiro atoms. The van der Waals surface area contributed by atoms with Gasteiger partial charge >= 0.3 is 0 Å². The summed E-state index contributed by atoms with van der Waals surface area (Å²) in [6, 6.07) is 12.4. The van der Waals surface area contributed by atoms with Crippen LogP contribution in [0, 0.1) is 5.82 Å². The summed E-state index contributed by atoms with van der Waals surface area (Å²) in [7, 11) is 0. The van der Waals surface area contributed by atoms with Crippen molar-refractivity contribution in [1.82, 2.24) is 14.7 Å². The summed E-state index contributed by atoms with van der Waals surface area (Å²) in [5.74, 6) is -0.142. The highest BCUT2D eigenvalue weighted by atomic mass is 32.1. The quantitative estimate of drug-likeness (QED) is 0.557. The lowest BCUT2D eigenvalue weighted by Gasteiger charge is -2.37. The molecule has 2 aliphatic rings. The Bertz CT molecular complexity index is 1130. The van der Waals surface area contributed by atoms with Crippen molar-refractivity contribution in [3.05, 3.63) is 79.9 Å². The third-order valence-electron chi connectivity index (χ3n) is 6.44. The molecule has 33 heavy (non-hydrogen) atoms. The van der Waals surface area contributed by atoms with E-state index in [1.54, 1.807) is 23.5 Å². The molecule has 0 saturated carbocycles. The van der Waals surface area contributed by atoms with E-state index in [0.29, 0.717) is 26.2 Å². The van der Waals surface area contributed by atoms with E-state index in [0.717, 1.165) is 29.8 Å². The average Bonchev–Trinajstić information content (AvgIpc) is 3.46. The van der Waals surface area contributed by atoms with Crippen LogP contribution < -0.4 is 0 Å². The average molecular weight is 484 g/mol. The van der Waals surface area contributed by atoms with Gasteiger partial charge in [0, 0.05) is 37.6 Å². The predicted octanol–water partition coefficient (Wildman–Crippen LogP) is 4.27. The van der Waals surface area contributed by atoms with Crippen molar-refractivity contribution in [2.24, 2.45) is 0 Å². The minimum absolute atomic E-state index is 0.0477. The van der Waals surface area contributed by atoms with E-state index in [-0.39, 0.29) is 30.2 Å². The fourth-order valence-electron chi connectivity index (χ4n) is 4.81. The maximum Gasteiger partial charge on any atom is 0.263 e. The van der Waals surface area contributed by atoms with Crippen LogP contribution in [0.3, 0.4) is 0 Å². The Hall–Kier alpha value is -2.55. The number of hydrogen-bond donors (Lipinski definition) is 0. The van der Waals surface area contributed by atoms with Crippen molar-refractivity contribution in [2.45, 2.75) is 18.9 Å². The van der Waals surface area contributed by atoms with Crippen molar-refractivity contribution < 1.29 is 14.0 Å². The third-order valence-corrected chi connectivity index (χ3v) is 8.29. The van der Waals surface area contributed by atoms with Crippen LogP contribution in [0.15, 0.2) is 53.2 Å². The molecule has 1 atom stereocenters. The lowest BCUT2D eigenvalue weighted by molar-refractivity contribution is -0.132. The number of hydrogen-bond acceptors (Lipinski definition) is 5. The summed E-state index contributed by atoms with van der Waals surface area (Å²) in [4.78, 5) is 34.0.